The second-order valence-electron chi connectivity index (χ2n) is 4.35. The van der Waals surface area contributed by atoms with Gasteiger partial charge in [-0.05, 0) is 0 Å². The van der Waals surface area contributed by atoms with E-state index in [1.165, 1.54) is 0 Å². The minimum atomic E-state index is -0.118. The van der Waals surface area contributed by atoms with Crippen molar-refractivity contribution in [1.82, 2.24) is 9.97 Å². The Kier molecular flexibility index (Phi) is 3.39. The molecule has 0 bridgehead atoms. The van der Waals surface area contributed by atoms with Crippen molar-refractivity contribution in [2.45, 2.75) is 32.6 Å². The number of carbonyl (C=O) groups excluding carboxylic acids is 1. The highest BCUT2D eigenvalue weighted by atomic mass is 16.5. The number of aromatic nitrogens is 2. The second kappa shape index (κ2) is 4.38. The van der Waals surface area contributed by atoms with Gasteiger partial charge in [0.2, 0.25) is 5.88 Å². The third-order valence-electron chi connectivity index (χ3n) is 1.99. The molecule has 82 valence electrons. The maximum absolute atomic E-state index is 10.4. The Morgan fingerprint density at radius 2 is 2.13 bits per heavy atom. The third kappa shape index (κ3) is 2.75. The van der Waals surface area contributed by atoms with Crippen LogP contribution in [0.2, 0.25) is 0 Å². The smallest absolute Gasteiger partial charge is 0.220 e. The molecule has 1 aromatic heterocycles. The quantitative estimate of drug-likeness (QED) is 0.707. The molecular weight excluding hydrogens is 192 g/mol. The molecule has 4 nitrogen and oxygen atoms in total. The Morgan fingerprint density at radius 1 is 1.47 bits per heavy atom. The summed E-state index contributed by atoms with van der Waals surface area (Å²) in [6, 6.07) is 0. The van der Waals surface area contributed by atoms with Crippen molar-refractivity contribution in [3.8, 4) is 5.88 Å². The lowest BCUT2D eigenvalue weighted by molar-refractivity contribution is -0.107. The summed E-state index contributed by atoms with van der Waals surface area (Å²) < 4.78 is 5.12. The van der Waals surface area contributed by atoms with Crippen molar-refractivity contribution in [3.63, 3.8) is 0 Å². The summed E-state index contributed by atoms with van der Waals surface area (Å²) in [6.07, 6.45) is 2.76. The minimum Gasteiger partial charge on any atom is -0.481 e. The van der Waals surface area contributed by atoms with E-state index in [9.17, 15) is 4.79 Å². The summed E-state index contributed by atoms with van der Waals surface area (Å²) in [5.41, 5.74) is 0.605. The average molecular weight is 208 g/mol. The van der Waals surface area contributed by atoms with Gasteiger partial charge in [-0.15, -0.1) is 0 Å². The zero-order chi connectivity index (χ0) is 11.5. The van der Waals surface area contributed by atoms with E-state index in [1.807, 2.05) is 20.8 Å². The lowest BCUT2D eigenvalue weighted by Gasteiger charge is -2.17. The number of nitrogens with zero attached hydrogens (tertiary/aromatic N) is 2. The molecule has 0 amide bonds. The van der Waals surface area contributed by atoms with Crippen molar-refractivity contribution in [1.29, 1.82) is 0 Å². The van der Waals surface area contributed by atoms with Crippen LogP contribution in [0, 0.1) is 0 Å². The summed E-state index contributed by atoms with van der Waals surface area (Å²) in [4.78, 5) is 18.9. The van der Waals surface area contributed by atoms with Crippen LogP contribution in [0.4, 0.5) is 0 Å². The lowest BCUT2D eigenvalue weighted by Crippen LogP contribution is -2.17. The van der Waals surface area contributed by atoms with Crippen molar-refractivity contribution in [3.05, 3.63) is 17.6 Å². The van der Waals surface area contributed by atoms with Gasteiger partial charge >= 0.3 is 0 Å². The molecule has 0 fully saturated rings. The Bertz CT molecular complexity index is 356. The predicted octanol–water partition coefficient (Wildman–Crippen LogP) is 1.52. The number of carbonyl (C=O) groups is 1. The van der Waals surface area contributed by atoms with E-state index in [2.05, 4.69) is 9.97 Å². The predicted molar refractivity (Wildman–Crippen MR) is 57.1 cm³/mol. The molecule has 0 unspecified atom stereocenters. The van der Waals surface area contributed by atoms with E-state index in [-0.39, 0.29) is 11.8 Å². The summed E-state index contributed by atoms with van der Waals surface area (Å²) in [5.74, 6) is 1.20. The van der Waals surface area contributed by atoms with Gasteiger partial charge in [-0.1, -0.05) is 20.8 Å². The normalized spacial score (nSPS) is 11.2. The summed E-state index contributed by atoms with van der Waals surface area (Å²) in [7, 11) is 1.54. The summed E-state index contributed by atoms with van der Waals surface area (Å²) >= 11 is 0. The number of hydrogen-bond acceptors (Lipinski definition) is 4. The Morgan fingerprint density at radius 3 is 2.60 bits per heavy atom. The number of hydrogen-bond donors (Lipinski definition) is 0. The molecule has 0 saturated heterocycles. The highest BCUT2D eigenvalue weighted by Crippen LogP contribution is 2.22. The molecule has 15 heavy (non-hydrogen) atoms. The van der Waals surface area contributed by atoms with Gasteiger partial charge in [0.1, 0.15) is 12.1 Å². The molecule has 1 aromatic rings. The first-order valence-electron chi connectivity index (χ1n) is 4.83. The fraction of sp³-hybridized carbons (Fsp3) is 0.545. The minimum absolute atomic E-state index is 0.118. The number of ether oxygens (including phenoxy) is 1. The molecule has 0 aliphatic carbocycles. The lowest BCUT2D eigenvalue weighted by atomic mass is 9.95. The van der Waals surface area contributed by atoms with E-state index < -0.39 is 0 Å². The van der Waals surface area contributed by atoms with Gasteiger partial charge in [-0.3, -0.25) is 0 Å². The number of aldehydes is 1. The van der Waals surface area contributed by atoms with Crippen LogP contribution in [-0.4, -0.2) is 23.4 Å². The van der Waals surface area contributed by atoms with Crippen LogP contribution < -0.4 is 4.74 Å². The average Bonchev–Trinajstić information content (AvgIpc) is 2.17. The van der Waals surface area contributed by atoms with E-state index in [4.69, 9.17) is 4.74 Å². The molecule has 0 saturated carbocycles. The molecule has 0 N–H and O–H groups in total. The first-order valence-corrected chi connectivity index (χ1v) is 4.83. The summed E-state index contributed by atoms with van der Waals surface area (Å²) in [5, 5.41) is 0. The van der Waals surface area contributed by atoms with E-state index in [0.29, 0.717) is 11.7 Å². The van der Waals surface area contributed by atoms with Gasteiger partial charge in [0.25, 0.3) is 0 Å². The molecule has 0 aliphatic heterocycles. The van der Waals surface area contributed by atoms with E-state index >= 15 is 0 Å². The SMILES string of the molecule is COc1nc(C(C)(C)C)ncc1CC=O. The Balaban J connectivity index is 3.13. The van der Waals surface area contributed by atoms with E-state index in [1.54, 1.807) is 13.3 Å². The number of methoxy groups -OCH3 is 1. The largest absolute Gasteiger partial charge is 0.481 e. The summed E-state index contributed by atoms with van der Waals surface area (Å²) in [6.45, 7) is 6.09. The van der Waals surface area contributed by atoms with Gasteiger partial charge in [0.15, 0.2) is 0 Å². The van der Waals surface area contributed by atoms with Gasteiger partial charge in [0.05, 0.1) is 7.11 Å². The Hall–Kier alpha value is -1.45. The van der Waals surface area contributed by atoms with Crippen molar-refractivity contribution in [2.75, 3.05) is 7.11 Å². The maximum Gasteiger partial charge on any atom is 0.220 e. The molecule has 0 atom stereocenters. The third-order valence-corrected chi connectivity index (χ3v) is 1.99. The topological polar surface area (TPSA) is 52.1 Å². The van der Waals surface area contributed by atoms with Crippen LogP contribution in [0.5, 0.6) is 5.88 Å². The van der Waals surface area contributed by atoms with Crippen LogP contribution in [0.3, 0.4) is 0 Å². The molecule has 4 heteroatoms. The standard InChI is InChI=1S/C11H16N2O2/c1-11(2,3)10-12-7-8(5-6-14)9(13-10)15-4/h6-7H,5H2,1-4H3. The molecule has 1 rings (SSSR count). The van der Waals surface area contributed by atoms with Crippen LogP contribution in [-0.2, 0) is 16.6 Å². The molecule has 0 spiro atoms. The molecular formula is C11H16N2O2. The highest BCUT2D eigenvalue weighted by molar-refractivity contribution is 5.56. The van der Waals surface area contributed by atoms with E-state index in [0.717, 1.165) is 11.8 Å². The molecule has 1 heterocycles. The van der Waals surface area contributed by atoms with Crippen molar-refractivity contribution < 1.29 is 9.53 Å². The van der Waals surface area contributed by atoms with Crippen LogP contribution in [0.15, 0.2) is 6.20 Å². The van der Waals surface area contributed by atoms with Crippen LogP contribution in [0.25, 0.3) is 0 Å². The zero-order valence-corrected chi connectivity index (χ0v) is 9.57. The fourth-order valence-corrected chi connectivity index (χ4v) is 1.16. The molecule has 0 aliphatic rings. The zero-order valence-electron chi connectivity index (χ0n) is 9.57. The maximum atomic E-state index is 10.4. The van der Waals surface area contributed by atoms with Gasteiger partial charge in [-0.25, -0.2) is 4.98 Å². The van der Waals surface area contributed by atoms with Crippen molar-refractivity contribution >= 4 is 6.29 Å². The first-order chi connectivity index (χ1) is 6.99. The van der Waals surface area contributed by atoms with Crippen LogP contribution >= 0.6 is 0 Å². The molecule has 0 radical (unpaired) electrons. The second-order valence-corrected chi connectivity index (χ2v) is 4.35. The fourth-order valence-electron chi connectivity index (χ4n) is 1.16. The highest BCUT2D eigenvalue weighted by Gasteiger charge is 2.19. The van der Waals surface area contributed by atoms with Crippen molar-refractivity contribution in [2.24, 2.45) is 0 Å². The first kappa shape index (κ1) is 11.6. The Labute approximate surface area is 89.7 Å². The van der Waals surface area contributed by atoms with Gasteiger partial charge in [0, 0.05) is 23.6 Å². The number of rotatable bonds is 3. The van der Waals surface area contributed by atoms with Gasteiger partial charge in [-0.2, -0.15) is 4.98 Å². The molecule has 0 aromatic carbocycles. The van der Waals surface area contributed by atoms with Crippen LogP contribution in [0.1, 0.15) is 32.2 Å². The monoisotopic (exact) mass is 208 g/mol. The van der Waals surface area contributed by atoms with Gasteiger partial charge < -0.3 is 9.53 Å².